The summed E-state index contributed by atoms with van der Waals surface area (Å²) in [7, 11) is -3.85. The van der Waals surface area contributed by atoms with Gasteiger partial charge >= 0.3 is 0 Å². The standard InChI is InChI=1S/C35H40N6O5S/c1-7-26-21-40(47(43,44)31-12-10-9-11-29(31)45-26)20-25-19-24(14-13-22(25)3)32(35(5,6)37-34(42)30-17-18-36-46-30)27-15-16-28-33(23(27)4)38-39-41(28)8-2/h9-19,26,32H,7-8,20-21H2,1-6H3,(H,37,42)/t26-,32?/m1/s1. The molecule has 0 bridgehead atoms. The Kier molecular flexibility index (Phi) is 8.66. The molecule has 2 aromatic heterocycles. The number of benzene rings is 3. The number of carbonyl (C=O) groups excluding carboxylic acids is 1. The predicted octanol–water partition coefficient (Wildman–Crippen LogP) is 5.76. The molecule has 0 aliphatic carbocycles. The van der Waals surface area contributed by atoms with Gasteiger partial charge in [0.1, 0.15) is 22.3 Å². The lowest BCUT2D eigenvalue weighted by atomic mass is 9.74. The highest BCUT2D eigenvalue weighted by atomic mass is 32.2. The fraction of sp³-hybridized carbons (Fsp3) is 0.371. The topological polar surface area (TPSA) is 132 Å². The van der Waals surface area contributed by atoms with Gasteiger partial charge in [0, 0.05) is 30.6 Å². The van der Waals surface area contributed by atoms with Crippen molar-refractivity contribution in [3.8, 4) is 5.75 Å². The average molecular weight is 657 g/mol. The molecule has 11 nitrogen and oxygen atoms in total. The van der Waals surface area contributed by atoms with Crippen molar-refractivity contribution in [1.82, 2.24) is 29.8 Å². The first-order valence-corrected chi connectivity index (χ1v) is 17.3. The molecule has 1 unspecified atom stereocenters. The quantitative estimate of drug-likeness (QED) is 0.212. The number of aromatic nitrogens is 4. The highest BCUT2D eigenvalue weighted by Gasteiger charge is 2.38. The maximum Gasteiger partial charge on any atom is 0.290 e. The maximum atomic E-state index is 14.0. The van der Waals surface area contributed by atoms with Gasteiger partial charge in [-0.2, -0.15) is 4.31 Å². The van der Waals surface area contributed by atoms with Crippen LogP contribution in [-0.4, -0.2) is 57.0 Å². The number of ether oxygens (including phenoxy) is 1. The molecule has 12 heteroatoms. The Balaban J connectivity index is 1.45. The van der Waals surface area contributed by atoms with E-state index in [4.69, 9.17) is 9.26 Å². The van der Waals surface area contributed by atoms with Gasteiger partial charge in [-0.05, 0) is 87.1 Å². The molecule has 246 valence electrons. The van der Waals surface area contributed by atoms with E-state index in [2.05, 4.69) is 32.9 Å². The molecule has 1 N–H and O–H groups in total. The Hall–Kier alpha value is -4.55. The first-order valence-electron chi connectivity index (χ1n) is 15.9. The van der Waals surface area contributed by atoms with Crippen LogP contribution in [0.25, 0.3) is 11.0 Å². The normalized spacial score (nSPS) is 17.1. The number of amides is 1. The second-order valence-corrected chi connectivity index (χ2v) is 14.5. The summed E-state index contributed by atoms with van der Waals surface area (Å²) in [6.07, 6.45) is 1.80. The third-order valence-electron chi connectivity index (χ3n) is 9.09. The summed E-state index contributed by atoms with van der Waals surface area (Å²) in [5.74, 6) is -0.264. The van der Waals surface area contributed by atoms with Crippen molar-refractivity contribution >= 4 is 27.0 Å². The van der Waals surface area contributed by atoms with Gasteiger partial charge in [0.25, 0.3) is 5.91 Å². The van der Waals surface area contributed by atoms with Gasteiger partial charge < -0.3 is 14.6 Å². The van der Waals surface area contributed by atoms with Crippen LogP contribution in [0.5, 0.6) is 5.75 Å². The molecular weight excluding hydrogens is 616 g/mol. The van der Waals surface area contributed by atoms with Crippen LogP contribution in [0, 0.1) is 13.8 Å². The lowest BCUT2D eigenvalue weighted by Crippen LogP contribution is -2.48. The van der Waals surface area contributed by atoms with Crippen LogP contribution in [0.3, 0.4) is 0 Å². The fourth-order valence-electron chi connectivity index (χ4n) is 6.51. The summed E-state index contributed by atoms with van der Waals surface area (Å²) in [4.78, 5) is 13.5. The van der Waals surface area contributed by atoms with Crippen LogP contribution in [0.15, 0.2) is 76.3 Å². The third kappa shape index (κ3) is 6.03. The van der Waals surface area contributed by atoms with Gasteiger partial charge in [-0.15, -0.1) is 5.10 Å². The van der Waals surface area contributed by atoms with E-state index in [1.54, 1.807) is 24.3 Å². The van der Waals surface area contributed by atoms with Crippen molar-refractivity contribution in [2.75, 3.05) is 6.54 Å². The number of nitrogens with one attached hydrogen (secondary N) is 1. The molecular formula is C35H40N6O5S. The van der Waals surface area contributed by atoms with Crippen molar-refractivity contribution in [1.29, 1.82) is 0 Å². The minimum Gasteiger partial charge on any atom is -0.488 e. The zero-order valence-electron chi connectivity index (χ0n) is 27.5. The van der Waals surface area contributed by atoms with Crippen LogP contribution in [-0.2, 0) is 23.1 Å². The Labute approximate surface area is 274 Å². The largest absolute Gasteiger partial charge is 0.488 e. The first-order chi connectivity index (χ1) is 22.4. The molecule has 2 atom stereocenters. The third-order valence-corrected chi connectivity index (χ3v) is 10.9. The van der Waals surface area contributed by atoms with E-state index < -0.39 is 15.6 Å². The molecule has 6 rings (SSSR count). The second-order valence-electron chi connectivity index (χ2n) is 12.6. The van der Waals surface area contributed by atoms with Crippen LogP contribution in [0.4, 0.5) is 0 Å². The smallest absolute Gasteiger partial charge is 0.290 e. The number of hydrogen-bond donors (Lipinski definition) is 1. The highest BCUT2D eigenvalue weighted by molar-refractivity contribution is 7.89. The summed E-state index contributed by atoms with van der Waals surface area (Å²) >= 11 is 0. The number of hydrogen-bond acceptors (Lipinski definition) is 8. The second kappa shape index (κ2) is 12.6. The maximum absolute atomic E-state index is 14.0. The highest BCUT2D eigenvalue weighted by Crippen LogP contribution is 2.40. The summed E-state index contributed by atoms with van der Waals surface area (Å²) in [5, 5.41) is 15.7. The van der Waals surface area contributed by atoms with Crippen LogP contribution < -0.4 is 10.1 Å². The number of nitrogens with zero attached hydrogens (tertiary/aromatic N) is 5. The lowest BCUT2D eigenvalue weighted by Gasteiger charge is -2.37. The van der Waals surface area contributed by atoms with E-state index in [-0.39, 0.29) is 41.7 Å². The lowest BCUT2D eigenvalue weighted by molar-refractivity contribution is 0.0868. The van der Waals surface area contributed by atoms with Crippen LogP contribution in [0.2, 0.25) is 0 Å². The molecule has 0 fully saturated rings. The van der Waals surface area contributed by atoms with E-state index >= 15 is 0 Å². The number of sulfonamides is 1. The summed E-state index contributed by atoms with van der Waals surface area (Å²) in [6, 6.07) is 18.5. The SMILES string of the molecule is CC[C@@H]1CN(Cc2cc(C(c3ccc4c(nnn4CC)c3C)C(C)(C)NC(=O)c3ccno3)ccc2C)S(=O)(=O)c2ccccc2O1. The minimum absolute atomic E-state index is 0.110. The Bertz CT molecular complexity index is 2040. The molecule has 3 heterocycles. The van der Waals surface area contributed by atoms with E-state index in [0.29, 0.717) is 18.7 Å². The van der Waals surface area contributed by atoms with Crippen molar-refractivity contribution in [3.63, 3.8) is 0 Å². The number of fused-ring (bicyclic) bond motifs is 2. The molecule has 5 aromatic rings. The first kappa shape index (κ1) is 32.4. The minimum atomic E-state index is -3.85. The van der Waals surface area contributed by atoms with Gasteiger partial charge in [-0.3, -0.25) is 4.79 Å². The van der Waals surface area contributed by atoms with Crippen molar-refractivity contribution in [2.45, 2.75) is 83.5 Å². The molecule has 0 saturated heterocycles. The van der Waals surface area contributed by atoms with E-state index in [1.165, 1.54) is 16.6 Å². The van der Waals surface area contributed by atoms with Gasteiger partial charge in [0.05, 0.1) is 18.3 Å². The number of para-hydroxylation sites is 1. The van der Waals surface area contributed by atoms with E-state index in [0.717, 1.165) is 38.9 Å². The Morgan fingerprint density at radius 2 is 1.87 bits per heavy atom. The van der Waals surface area contributed by atoms with Gasteiger partial charge in [0.2, 0.25) is 15.8 Å². The molecule has 1 aliphatic heterocycles. The zero-order valence-corrected chi connectivity index (χ0v) is 28.3. The molecule has 1 amide bonds. The van der Waals surface area contributed by atoms with E-state index in [9.17, 15) is 13.2 Å². The van der Waals surface area contributed by atoms with Crippen molar-refractivity contribution < 1.29 is 22.5 Å². The molecule has 0 spiro atoms. The average Bonchev–Trinajstić information content (AvgIpc) is 3.72. The molecule has 1 aliphatic rings. The number of carbonyl (C=O) groups is 1. The van der Waals surface area contributed by atoms with Crippen LogP contribution >= 0.6 is 0 Å². The van der Waals surface area contributed by atoms with Gasteiger partial charge in [0.15, 0.2) is 0 Å². The predicted molar refractivity (Wildman–Crippen MR) is 178 cm³/mol. The fourth-order valence-corrected chi connectivity index (χ4v) is 8.08. The van der Waals surface area contributed by atoms with Gasteiger partial charge in [-0.1, -0.05) is 53.7 Å². The Morgan fingerprint density at radius 3 is 2.60 bits per heavy atom. The summed E-state index contributed by atoms with van der Waals surface area (Å²) in [5.41, 5.74) is 5.52. The number of rotatable bonds is 9. The molecule has 47 heavy (non-hydrogen) atoms. The van der Waals surface area contributed by atoms with Crippen molar-refractivity contribution in [3.05, 3.63) is 100 Å². The number of aryl methyl sites for hydroxylation is 3. The molecule has 3 aromatic carbocycles. The van der Waals surface area contributed by atoms with Crippen LogP contribution in [0.1, 0.15) is 78.4 Å². The zero-order chi connectivity index (χ0) is 33.5. The van der Waals surface area contributed by atoms with Gasteiger partial charge in [-0.25, -0.2) is 13.1 Å². The summed E-state index contributed by atoms with van der Waals surface area (Å²) < 4.78 is 42.7. The molecule has 0 radical (unpaired) electrons. The summed E-state index contributed by atoms with van der Waals surface area (Å²) in [6.45, 7) is 13.0. The van der Waals surface area contributed by atoms with Crippen molar-refractivity contribution in [2.24, 2.45) is 0 Å². The molecule has 0 saturated carbocycles. The Morgan fingerprint density at radius 1 is 1.09 bits per heavy atom. The monoisotopic (exact) mass is 656 g/mol. The van der Waals surface area contributed by atoms with E-state index in [1.807, 2.05) is 64.4 Å².